The summed E-state index contributed by atoms with van der Waals surface area (Å²) in [7, 11) is 1.73. The lowest BCUT2D eigenvalue weighted by molar-refractivity contribution is 0.189. The van der Waals surface area contributed by atoms with Crippen molar-refractivity contribution in [3.8, 4) is 6.01 Å². The van der Waals surface area contributed by atoms with Crippen LogP contribution in [0, 0.1) is 0 Å². The van der Waals surface area contributed by atoms with Crippen molar-refractivity contribution in [2.75, 3.05) is 12.4 Å². The van der Waals surface area contributed by atoms with Crippen LogP contribution in [0.1, 0.15) is 46.0 Å². The highest BCUT2D eigenvalue weighted by molar-refractivity contribution is 6.28. The lowest BCUT2D eigenvalue weighted by Crippen LogP contribution is -2.14. The van der Waals surface area contributed by atoms with Crippen LogP contribution in [0.3, 0.4) is 0 Å². The molecular formula is C12H21ClN4O. The van der Waals surface area contributed by atoms with Crippen LogP contribution in [0.15, 0.2) is 0 Å². The van der Waals surface area contributed by atoms with Gasteiger partial charge in [0.15, 0.2) is 0 Å². The number of hydrogen-bond donors (Lipinski definition) is 1. The summed E-state index contributed by atoms with van der Waals surface area (Å²) in [4.78, 5) is 11.9. The zero-order chi connectivity index (χ0) is 13.4. The highest BCUT2D eigenvalue weighted by Crippen LogP contribution is 2.14. The standard InChI is InChI=1S/C12H21ClN4O/c1-4-5-6-7-8-9(2)18-12-16-10(13)15-11(14-3)17-12/h9H,4-8H2,1-3H3,(H,14,15,16,17). The molecule has 0 spiro atoms. The average molecular weight is 273 g/mol. The molecule has 1 N–H and O–H groups in total. The number of ether oxygens (including phenoxy) is 1. The van der Waals surface area contributed by atoms with E-state index in [-0.39, 0.29) is 17.4 Å². The van der Waals surface area contributed by atoms with Gasteiger partial charge in [-0.2, -0.15) is 15.0 Å². The first-order valence-corrected chi connectivity index (χ1v) is 6.79. The van der Waals surface area contributed by atoms with E-state index in [1.54, 1.807) is 7.05 Å². The Morgan fingerprint density at radius 1 is 1.22 bits per heavy atom. The zero-order valence-corrected chi connectivity index (χ0v) is 12.0. The Morgan fingerprint density at radius 3 is 2.67 bits per heavy atom. The second-order valence-electron chi connectivity index (χ2n) is 4.24. The van der Waals surface area contributed by atoms with Gasteiger partial charge in [-0.15, -0.1) is 0 Å². The molecule has 1 heterocycles. The predicted molar refractivity (Wildman–Crippen MR) is 73.2 cm³/mol. The number of nitrogens with one attached hydrogen (secondary N) is 1. The molecule has 5 nitrogen and oxygen atoms in total. The number of anilines is 1. The molecule has 0 saturated heterocycles. The summed E-state index contributed by atoms with van der Waals surface area (Å²) in [6.45, 7) is 4.22. The number of halogens is 1. The summed E-state index contributed by atoms with van der Waals surface area (Å²) in [5.41, 5.74) is 0. The molecule has 0 aromatic carbocycles. The molecule has 6 heteroatoms. The monoisotopic (exact) mass is 272 g/mol. The molecule has 0 radical (unpaired) electrons. The van der Waals surface area contributed by atoms with E-state index in [0.717, 1.165) is 12.8 Å². The van der Waals surface area contributed by atoms with Crippen LogP contribution < -0.4 is 10.1 Å². The zero-order valence-electron chi connectivity index (χ0n) is 11.2. The molecule has 1 rings (SSSR count). The van der Waals surface area contributed by atoms with Gasteiger partial charge in [0.05, 0.1) is 6.10 Å². The molecule has 0 saturated carbocycles. The van der Waals surface area contributed by atoms with Gasteiger partial charge in [-0.25, -0.2) is 0 Å². The van der Waals surface area contributed by atoms with Gasteiger partial charge in [0.2, 0.25) is 11.2 Å². The number of nitrogens with zero attached hydrogens (tertiary/aromatic N) is 3. The van der Waals surface area contributed by atoms with Crippen LogP contribution in [-0.4, -0.2) is 28.1 Å². The van der Waals surface area contributed by atoms with Gasteiger partial charge in [0.1, 0.15) is 0 Å². The molecule has 102 valence electrons. The summed E-state index contributed by atoms with van der Waals surface area (Å²) in [6, 6.07) is 0.280. The molecular weight excluding hydrogens is 252 g/mol. The average Bonchev–Trinajstić information content (AvgIpc) is 2.34. The number of rotatable bonds is 8. The van der Waals surface area contributed by atoms with Gasteiger partial charge >= 0.3 is 6.01 Å². The first-order chi connectivity index (χ1) is 8.65. The van der Waals surface area contributed by atoms with Gasteiger partial charge in [-0.05, 0) is 31.4 Å². The quantitative estimate of drug-likeness (QED) is 0.736. The van der Waals surface area contributed by atoms with Crippen molar-refractivity contribution in [2.24, 2.45) is 0 Å². The lowest BCUT2D eigenvalue weighted by atomic mass is 10.1. The van der Waals surface area contributed by atoms with Crippen molar-refractivity contribution in [1.29, 1.82) is 0 Å². The fourth-order valence-corrected chi connectivity index (χ4v) is 1.75. The fourth-order valence-electron chi connectivity index (χ4n) is 1.59. The molecule has 0 aliphatic carbocycles. The van der Waals surface area contributed by atoms with Crippen molar-refractivity contribution in [3.05, 3.63) is 5.28 Å². The maximum absolute atomic E-state index is 5.78. The third-order valence-electron chi connectivity index (χ3n) is 2.58. The van der Waals surface area contributed by atoms with Gasteiger partial charge in [-0.1, -0.05) is 26.2 Å². The van der Waals surface area contributed by atoms with E-state index in [4.69, 9.17) is 16.3 Å². The van der Waals surface area contributed by atoms with Crippen LogP contribution in [0.4, 0.5) is 5.95 Å². The van der Waals surface area contributed by atoms with Gasteiger partial charge in [0, 0.05) is 7.05 Å². The number of unbranched alkanes of at least 4 members (excludes halogenated alkanes) is 3. The Hall–Kier alpha value is -1.10. The second-order valence-corrected chi connectivity index (χ2v) is 4.58. The Labute approximate surface area is 113 Å². The third kappa shape index (κ3) is 5.49. The minimum Gasteiger partial charge on any atom is -0.460 e. The van der Waals surface area contributed by atoms with Gasteiger partial charge < -0.3 is 10.1 Å². The summed E-state index contributed by atoms with van der Waals surface area (Å²) in [5, 5.41) is 2.96. The molecule has 1 aromatic heterocycles. The van der Waals surface area contributed by atoms with Gasteiger partial charge in [0.25, 0.3) is 0 Å². The molecule has 1 atom stereocenters. The summed E-state index contributed by atoms with van der Waals surface area (Å²) < 4.78 is 5.63. The molecule has 0 bridgehead atoms. The molecule has 0 fully saturated rings. The summed E-state index contributed by atoms with van der Waals surface area (Å²) in [5.74, 6) is 0.420. The Bertz CT molecular complexity index is 362. The van der Waals surface area contributed by atoms with Crippen molar-refractivity contribution < 1.29 is 4.74 Å². The third-order valence-corrected chi connectivity index (χ3v) is 2.75. The van der Waals surface area contributed by atoms with E-state index < -0.39 is 0 Å². The Balaban J connectivity index is 2.43. The van der Waals surface area contributed by atoms with E-state index >= 15 is 0 Å². The van der Waals surface area contributed by atoms with E-state index in [9.17, 15) is 0 Å². The second kappa shape index (κ2) is 8.08. The number of hydrogen-bond acceptors (Lipinski definition) is 5. The van der Waals surface area contributed by atoms with Gasteiger partial charge in [-0.3, -0.25) is 0 Å². The molecule has 0 aliphatic heterocycles. The molecule has 0 amide bonds. The predicted octanol–water partition coefficient (Wildman–Crippen LogP) is 3.30. The van der Waals surface area contributed by atoms with E-state index in [1.165, 1.54) is 19.3 Å². The SMILES string of the molecule is CCCCCCC(C)Oc1nc(Cl)nc(NC)n1. The highest BCUT2D eigenvalue weighted by Gasteiger charge is 2.09. The first kappa shape index (κ1) is 15.0. The molecule has 1 aromatic rings. The van der Waals surface area contributed by atoms with Crippen LogP contribution >= 0.6 is 11.6 Å². The van der Waals surface area contributed by atoms with Crippen molar-refractivity contribution in [3.63, 3.8) is 0 Å². The van der Waals surface area contributed by atoms with Crippen molar-refractivity contribution in [2.45, 2.75) is 52.1 Å². The van der Waals surface area contributed by atoms with E-state index in [2.05, 4.69) is 27.2 Å². The largest absolute Gasteiger partial charge is 0.460 e. The maximum atomic E-state index is 5.78. The normalized spacial score (nSPS) is 12.2. The smallest absolute Gasteiger partial charge is 0.322 e. The topological polar surface area (TPSA) is 59.9 Å². The first-order valence-electron chi connectivity index (χ1n) is 6.41. The fraction of sp³-hybridized carbons (Fsp3) is 0.750. The summed E-state index contributed by atoms with van der Waals surface area (Å²) in [6.07, 6.45) is 6.00. The molecule has 18 heavy (non-hydrogen) atoms. The molecule has 1 unspecified atom stereocenters. The maximum Gasteiger partial charge on any atom is 0.322 e. The van der Waals surface area contributed by atoms with E-state index in [1.807, 2.05) is 6.92 Å². The minimum atomic E-state index is 0.0880. The van der Waals surface area contributed by atoms with Crippen molar-refractivity contribution >= 4 is 17.5 Å². The lowest BCUT2D eigenvalue weighted by Gasteiger charge is -2.13. The molecule has 0 aliphatic rings. The van der Waals surface area contributed by atoms with Crippen molar-refractivity contribution in [1.82, 2.24) is 15.0 Å². The minimum absolute atomic E-state index is 0.0880. The Morgan fingerprint density at radius 2 is 2.00 bits per heavy atom. The van der Waals surface area contributed by atoms with Crippen LogP contribution in [0.5, 0.6) is 6.01 Å². The number of aromatic nitrogens is 3. The van der Waals surface area contributed by atoms with Crippen LogP contribution in [-0.2, 0) is 0 Å². The van der Waals surface area contributed by atoms with Crippen LogP contribution in [0.25, 0.3) is 0 Å². The highest BCUT2D eigenvalue weighted by atomic mass is 35.5. The van der Waals surface area contributed by atoms with Crippen LogP contribution in [0.2, 0.25) is 5.28 Å². The van der Waals surface area contributed by atoms with E-state index in [0.29, 0.717) is 5.95 Å². The Kier molecular flexibility index (Phi) is 6.72. The summed E-state index contributed by atoms with van der Waals surface area (Å²) >= 11 is 5.78.